The number of amides is 1. The van der Waals surface area contributed by atoms with Crippen molar-refractivity contribution in [2.45, 2.75) is 26.7 Å². The third-order valence-corrected chi connectivity index (χ3v) is 3.77. The monoisotopic (exact) mass is 352 g/mol. The lowest BCUT2D eigenvalue weighted by Gasteiger charge is -2.14. The van der Waals surface area contributed by atoms with Gasteiger partial charge in [0.1, 0.15) is 17.4 Å². The number of benzene rings is 1. The van der Waals surface area contributed by atoms with Crippen molar-refractivity contribution < 1.29 is 18.7 Å². The van der Waals surface area contributed by atoms with Crippen LogP contribution in [0.2, 0.25) is 0 Å². The Bertz CT molecular complexity index is 823. The van der Waals surface area contributed by atoms with Gasteiger partial charge < -0.3 is 14.5 Å². The van der Waals surface area contributed by atoms with Gasteiger partial charge in [0.05, 0.1) is 6.26 Å². The molecule has 0 spiro atoms. The molecule has 0 radical (unpaired) electrons. The molecule has 2 rings (SSSR count). The van der Waals surface area contributed by atoms with Crippen molar-refractivity contribution in [2.75, 3.05) is 11.9 Å². The molecule has 0 aliphatic carbocycles. The van der Waals surface area contributed by atoms with Crippen LogP contribution in [-0.2, 0) is 27.2 Å². The standard InChI is InChI=1S/C20H20N2O4/c1-3-14-7-5-8-15(4-2)19(14)22-18(23)13-26-20(24)16(12-21)11-17-9-6-10-25-17/h5-11H,3-4,13H2,1-2H3,(H,22,23)/b16-11+. The summed E-state index contributed by atoms with van der Waals surface area (Å²) >= 11 is 0. The number of nitrogens with zero attached hydrogens (tertiary/aromatic N) is 1. The zero-order valence-corrected chi connectivity index (χ0v) is 14.7. The van der Waals surface area contributed by atoms with Crippen molar-refractivity contribution in [1.82, 2.24) is 0 Å². The first-order valence-electron chi connectivity index (χ1n) is 8.32. The molecule has 26 heavy (non-hydrogen) atoms. The van der Waals surface area contributed by atoms with Crippen molar-refractivity contribution >= 4 is 23.6 Å². The molecule has 0 aliphatic rings. The maximum atomic E-state index is 12.2. The Morgan fingerprint density at radius 3 is 2.42 bits per heavy atom. The van der Waals surface area contributed by atoms with Gasteiger partial charge in [-0.25, -0.2) is 4.79 Å². The van der Waals surface area contributed by atoms with Gasteiger partial charge in [-0.3, -0.25) is 4.79 Å². The van der Waals surface area contributed by atoms with Gasteiger partial charge in [-0.15, -0.1) is 0 Å². The summed E-state index contributed by atoms with van der Waals surface area (Å²) in [7, 11) is 0. The summed E-state index contributed by atoms with van der Waals surface area (Å²) in [6.07, 6.45) is 4.24. The largest absolute Gasteiger partial charge is 0.465 e. The number of aryl methyl sites for hydroxylation is 2. The highest BCUT2D eigenvalue weighted by Crippen LogP contribution is 2.22. The van der Waals surface area contributed by atoms with E-state index < -0.39 is 18.5 Å². The van der Waals surface area contributed by atoms with Crippen LogP contribution < -0.4 is 5.32 Å². The fraction of sp³-hybridized carbons (Fsp3) is 0.250. The molecule has 2 aromatic rings. The summed E-state index contributed by atoms with van der Waals surface area (Å²) < 4.78 is 10.00. The first-order chi connectivity index (χ1) is 12.6. The number of anilines is 1. The molecule has 0 saturated carbocycles. The van der Waals surface area contributed by atoms with Crippen LogP contribution in [0.1, 0.15) is 30.7 Å². The molecular formula is C20H20N2O4. The van der Waals surface area contributed by atoms with E-state index in [4.69, 9.17) is 14.4 Å². The lowest BCUT2D eigenvalue weighted by molar-refractivity contribution is -0.142. The number of hydrogen-bond donors (Lipinski definition) is 1. The van der Waals surface area contributed by atoms with Crippen LogP contribution in [0.25, 0.3) is 6.08 Å². The van der Waals surface area contributed by atoms with Gasteiger partial charge >= 0.3 is 5.97 Å². The van der Waals surface area contributed by atoms with Gasteiger partial charge in [0, 0.05) is 11.8 Å². The van der Waals surface area contributed by atoms with Crippen molar-refractivity contribution in [1.29, 1.82) is 5.26 Å². The zero-order valence-electron chi connectivity index (χ0n) is 14.7. The summed E-state index contributed by atoms with van der Waals surface area (Å²) in [6, 6.07) is 10.8. The number of para-hydroxylation sites is 1. The minimum Gasteiger partial charge on any atom is -0.465 e. The number of nitrogens with one attached hydrogen (secondary N) is 1. The van der Waals surface area contributed by atoms with Crippen molar-refractivity contribution in [3.8, 4) is 6.07 Å². The molecule has 0 unspecified atom stereocenters. The predicted octanol–water partition coefficient (Wildman–Crippen LogP) is 3.49. The number of esters is 1. The second-order valence-electron chi connectivity index (χ2n) is 5.47. The van der Waals surface area contributed by atoms with Crippen LogP contribution in [-0.4, -0.2) is 18.5 Å². The smallest absolute Gasteiger partial charge is 0.349 e. The first-order valence-corrected chi connectivity index (χ1v) is 8.32. The maximum absolute atomic E-state index is 12.2. The van der Waals surface area contributed by atoms with Crippen LogP contribution in [0.4, 0.5) is 5.69 Å². The molecule has 1 aromatic carbocycles. The van der Waals surface area contributed by atoms with E-state index in [9.17, 15) is 9.59 Å². The van der Waals surface area contributed by atoms with E-state index in [1.54, 1.807) is 18.2 Å². The average Bonchev–Trinajstić information content (AvgIpc) is 3.17. The summed E-state index contributed by atoms with van der Waals surface area (Å²) in [4.78, 5) is 24.1. The Balaban J connectivity index is 2.01. The molecule has 1 N–H and O–H groups in total. The van der Waals surface area contributed by atoms with Crippen molar-refractivity contribution in [3.63, 3.8) is 0 Å². The second kappa shape index (κ2) is 9.23. The van der Waals surface area contributed by atoms with Gasteiger partial charge in [-0.2, -0.15) is 5.26 Å². The van der Waals surface area contributed by atoms with E-state index in [1.165, 1.54) is 12.3 Å². The minimum absolute atomic E-state index is 0.240. The number of carbonyl (C=O) groups is 2. The predicted molar refractivity (Wildman–Crippen MR) is 97.1 cm³/mol. The highest BCUT2D eigenvalue weighted by atomic mass is 16.5. The summed E-state index contributed by atoms with van der Waals surface area (Å²) in [5.74, 6) is -0.977. The number of rotatable bonds is 7. The molecule has 6 nitrogen and oxygen atoms in total. The molecule has 0 fully saturated rings. The van der Waals surface area contributed by atoms with Gasteiger partial charge in [-0.1, -0.05) is 32.0 Å². The van der Waals surface area contributed by atoms with E-state index in [0.717, 1.165) is 29.7 Å². The Labute approximate surface area is 152 Å². The number of furan rings is 1. The normalized spacial score (nSPS) is 10.9. The molecule has 1 aromatic heterocycles. The molecule has 1 amide bonds. The Morgan fingerprint density at radius 2 is 1.88 bits per heavy atom. The molecule has 1 heterocycles. The highest BCUT2D eigenvalue weighted by Gasteiger charge is 2.15. The molecule has 134 valence electrons. The fourth-order valence-corrected chi connectivity index (χ4v) is 2.44. The Kier molecular flexibility index (Phi) is 6.75. The third kappa shape index (κ3) is 4.84. The SMILES string of the molecule is CCc1cccc(CC)c1NC(=O)COC(=O)/C(C#N)=C/c1ccco1. The second-order valence-corrected chi connectivity index (χ2v) is 5.47. The van der Waals surface area contributed by atoms with Crippen LogP contribution in [0, 0.1) is 11.3 Å². The Morgan fingerprint density at radius 1 is 1.19 bits per heavy atom. The molecule has 0 atom stereocenters. The first kappa shape index (κ1) is 19.0. The van der Waals surface area contributed by atoms with Crippen LogP contribution in [0.15, 0.2) is 46.6 Å². The molecule has 0 bridgehead atoms. The van der Waals surface area contributed by atoms with Crippen LogP contribution in [0.5, 0.6) is 0 Å². The van der Waals surface area contributed by atoms with E-state index in [1.807, 2.05) is 32.0 Å². The minimum atomic E-state index is -0.876. The lowest BCUT2D eigenvalue weighted by Crippen LogP contribution is -2.22. The van der Waals surface area contributed by atoms with Crippen LogP contribution in [0.3, 0.4) is 0 Å². The zero-order chi connectivity index (χ0) is 18.9. The topological polar surface area (TPSA) is 92.3 Å². The molecule has 0 aliphatic heterocycles. The number of nitriles is 1. The summed E-state index contributed by atoms with van der Waals surface area (Å²) in [5.41, 5.74) is 2.54. The van der Waals surface area contributed by atoms with Gasteiger partial charge in [0.25, 0.3) is 5.91 Å². The number of hydrogen-bond acceptors (Lipinski definition) is 5. The van der Waals surface area contributed by atoms with Gasteiger partial charge in [0.15, 0.2) is 6.61 Å². The summed E-state index contributed by atoms with van der Waals surface area (Å²) in [5, 5.41) is 11.9. The van der Waals surface area contributed by atoms with E-state index in [0.29, 0.717) is 5.76 Å². The molecular weight excluding hydrogens is 332 g/mol. The van der Waals surface area contributed by atoms with E-state index in [2.05, 4.69) is 5.32 Å². The van der Waals surface area contributed by atoms with E-state index >= 15 is 0 Å². The number of ether oxygens (including phenoxy) is 1. The third-order valence-electron chi connectivity index (χ3n) is 3.77. The molecule has 0 saturated heterocycles. The van der Waals surface area contributed by atoms with Crippen molar-refractivity contribution in [2.24, 2.45) is 0 Å². The fourth-order valence-electron chi connectivity index (χ4n) is 2.44. The van der Waals surface area contributed by atoms with Gasteiger partial charge in [-0.05, 0) is 36.1 Å². The van der Waals surface area contributed by atoms with Crippen LogP contribution >= 0.6 is 0 Å². The molecule has 6 heteroatoms. The summed E-state index contributed by atoms with van der Waals surface area (Å²) in [6.45, 7) is 3.53. The van der Waals surface area contributed by atoms with E-state index in [-0.39, 0.29) is 5.57 Å². The maximum Gasteiger partial charge on any atom is 0.349 e. The number of carbonyl (C=O) groups excluding carboxylic acids is 2. The van der Waals surface area contributed by atoms with Gasteiger partial charge in [0.2, 0.25) is 0 Å². The Hall–Kier alpha value is -3.33. The average molecular weight is 352 g/mol. The van der Waals surface area contributed by atoms with Crippen molar-refractivity contribution in [3.05, 3.63) is 59.1 Å². The highest BCUT2D eigenvalue weighted by molar-refractivity contribution is 6.00. The lowest BCUT2D eigenvalue weighted by atomic mass is 10.0. The quantitative estimate of drug-likeness (QED) is 0.468.